The molecule has 1 aromatic carbocycles. The number of ether oxygens (including phenoxy) is 2. The minimum Gasteiger partial charge on any atom is -0.490 e. The maximum Gasteiger partial charge on any atom is 0.175 e. The molecule has 0 bridgehead atoms. The predicted octanol–water partition coefficient (Wildman–Crippen LogP) is 4.09. The number of nitrogens with zero attached hydrogens (tertiary/aromatic N) is 1. The Morgan fingerprint density at radius 3 is 2.75 bits per heavy atom. The van der Waals surface area contributed by atoms with E-state index in [-0.39, 0.29) is 17.7 Å². The van der Waals surface area contributed by atoms with Crippen LogP contribution in [0.3, 0.4) is 0 Å². The second-order valence-electron chi connectivity index (χ2n) is 7.26. The molecule has 1 aliphatic heterocycles. The van der Waals surface area contributed by atoms with Gasteiger partial charge >= 0.3 is 0 Å². The van der Waals surface area contributed by atoms with Crippen molar-refractivity contribution >= 4 is 23.2 Å². The summed E-state index contributed by atoms with van der Waals surface area (Å²) < 4.78 is 11.6. The number of halogens is 1. The lowest BCUT2D eigenvalue weighted by molar-refractivity contribution is 0.0252. The van der Waals surface area contributed by atoms with Gasteiger partial charge in [0.1, 0.15) is 17.0 Å². The van der Waals surface area contributed by atoms with Crippen LogP contribution in [0.5, 0.6) is 5.75 Å². The number of hydrogen-bond donors (Lipinski definition) is 0. The van der Waals surface area contributed by atoms with Gasteiger partial charge in [0.25, 0.3) is 0 Å². The van der Waals surface area contributed by atoms with E-state index in [1.165, 1.54) is 6.20 Å². The van der Waals surface area contributed by atoms with Gasteiger partial charge in [0.15, 0.2) is 11.6 Å². The fraction of sp³-hybridized carbons (Fsp3) is 0.409. The van der Waals surface area contributed by atoms with Crippen molar-refractivity contribution in [2.75, 3.05) is 13.2 Å². The van der Waals surface area contributed by atoms with Crippen molar-refractivity contribution < 1.29 is 19.1 Å². The van der Waals surface area contributed by atoms with E-state index in [2.05, 4.69) is 4.98 Å². The zero-order chi connectivity index (χ0) is 19.7. The number of rotatable bonds is 5. The molecule has 1 unspecified atom stereocenters. The first-order valence-electron chi connectivity index (χ1n) is 9.67. The molecule has 2 aromatic rings. The van der Waals surface area contributed by atoms with Gasteiger partial charge in [0.05, 0.1) is 19.1 Å². The molecule has 0 amide bonds. The fourth-order valence-corrected chi connectivity index (χ4v) is 3.97. The van der Waals surface area contributed by atoms with Gasteiger partial charge in [-0.15, -0.1) is 0 Å². The molecule has 1 aromatic heterocycles. The summed E-state index contributed by atoms with van der Waals surface area (Å²) in [7, 11) is 0. The van der Waals surface area contributed by atoms with Crippen molar-refractivity contribution in [2.24, 2.45) is 5.92 Å². The van der Waals surface area contributed by atoms with Crippen molar-refractivity contribution in [1.29, 1.82) is 0 Å². The second kappa shape index (κ2) is 8.02. The minimum atomic E-state index is -0.707. The van der Waals surface area contributed by atoms with E-state index in [9.17, 15) is 9.59 Å². The van der Waals surface area contributed by atoms with Crippen LogP contribution in [0.15, 0.2) is 30.5 Å². The molecule has 1 saturated heterocycles. The summed E-state index contributed by atoms with van der Waals surface area (Å²) in [4.78, 5) is 29.7. The van der Waals surface area contributed by atoms with E-state index in [1.54, 1.807) is 12.1 Å². The van der Waals surface area contributed by atoms with Gasteiger partial charge in [0.2, 0.25) is 0 Å². The van der Waals surface area contributed by atoms with Crippen LogP contribution in [0.2, 0.25) is 5.15 Å². The van der Waals surface area contributed by atoms with Gasteiger partial charge in [-0.05, 0) is 48.2 Å². The Morgan fingerprint density at radius 2 is 2.07 bits per heavy atom. The van der Waals surface area contributed by atoms with Crippen LogP contribution in [0.1, 0.15) is 51.6 Å². The van der Waals surface area contributed by atoms with Crippen molar-refractivity contribution in [3.8, 4) is 5.75 Å². The molecule has 0 radical (unpaired) electrons. The average molecular weight is 400 g/mol. The number of fused-ring (bicyclic) bond motifs is 1. The highest BCUT2D eigenvalue weighted by molar-refractivity contribution is 6.29. The zero-order valence-corrected chi connectivity index (χ0v) is 16.5. The van der Waals surface area contributed by atoms with Crippen LogP contribution >= 0.6 is 11.6 Å². The number of benzene rings is 1. The van der Waals surface area contributed by atoms with Crippen LogP contribution in [-0.4, -0.2) is 35.9 Å². The van der Waals surface area contributed by atoms with Crippen LogP contribution in [0.25, 0.3) is 0 Å². The summed E-state index contributed by atoms with van der Waals surface area (Å²) in [5, 5.41) is 0.320. The molecule has 146 valence electrons. The number of pyridine rings is 1. The van der Waals surface area contributed by atoms with Crippen molar-refractivity contribution in [3.63, 3.8) is 0 Å². The highest BCUT2D eigenvalue weighted by atomic mass is 35.5. The summed E-state index contributed by atoms with van der Waals surface area (Å²) in [6.45, 7) is 3.46. The van der Waals surface area contributed by atoms with Crippen molar-refractivity contribution in [1.82, 2.24) is 4.98 Å². The molecule has 1 fully saturated rings. The Labute approximate surface area is 169 Å². The zero-order valence-electron chi connectivity index (χ0n) is 15.7. The molecule has 2 aliphatic rings. The summed E-state index contributed by atoms with van der Waals surface area (Å²) in [5.74, 6) is -0.221. The van der Waals surface area contributed by atoms with Crippen LogP contribution in [0.4, 0.5) is 0 Å². The second-order valence-corrected chi connectivity index (χ2v) is 7.64. The van der Waals surface area contributed by atoms with Gasteiger partial charge in [-0.1, -0.05) is 18.5 Å². The number of aryl methyl sites for hydroxylation is 1. The normalized spacial score (nSPS) is 19.5. The molecule has 28 heavy (non-hydrogen) atoms. The third-order valence-electron chi connectivity index (χ3n) is 5.46. The molecule has 0 spiro atoms. The minimum absolute atomic E-state index is 0.123. The first kappa shape index (κ1) is 19.1. The van der Waals surface area contributed by atoms with Crippen LogP contribution in [0, 0.1) is 5.92 Å². The first-order valence-corrected chi connectivity index (χ1v) is 10.0. The summed E-state index contributed by atoms with van der Waals surface area (Å²) >= 11 is 5.80. The standard InChI is InChI=1S/C22H22ClNO4/c1-2-13-9-17-15(11-19(13)28-16-5-7-27-8-6-16)10-18(22(17)26)21(25)14-3-4-20(23)24-12-14/h3-4,9,11-12,16,18H,2,5-8,10H2,1H3. The highest BCUT2D eigenvalue weighted by Gasteiger charge is 2.37. The Kier molecular flexibility index (Phi) is 5.47. The lowest BCUT2D eigenvalue weighted by Crippen LogP contribution is -2.26. The quantitative estimate of drug-likeness (QED) is 0.430. The van der Waals surface area contributed by atoms with Gasteiger partial charge in [-0.2, -0.15) is 0 Å². The van der Waals surface area contributed by atoms with E-state index in [1.807, 2.05) is 19.1 Å². The fourth-order valence-electron chi connectivity index (χ4n) is 3.86. The number of Topliss-reactive ketones (excluding diaryl/α,β-unsaturated/α-hetero) is 2. The maximum absolute atomic E-state index is 12.9. The highest BCUT2D eigenvalue weighted by Crippen LogP contribution is 2.35. The molecule has 1 aliphatic carbocycles. The lowest BCUT2D eigenvalue weighted by Gasteiger charge is -2.25. The maximum atomic E-state index is 12.9. The third-order valence-corrected chi connectivity index (χ3v) is 5.69. The largest absolute Gasteiger partial charge is 0.490 e. The Balaban J connectivity index is 1.59. The SMILES string of the molecule is CCc1cc2c(cc1OC1CCOCC1)CC(C(=O)c1ccc(Cl)nc1)C2=O. The summed E-state index contributed by atoms with van der Waals surface area (Å²) in [6.07, 6.45) is 4.45. The number of carbonyl (C=O) groups excluding carboxylic acids is 2. The Hall–Kier alpha value is -2.24. The molecule has 1 atom stereocenters. The predicted molar refractivity (Wildman–Crippen MR) is 105 cm³/mol. The van der Waals surface area contributed by atoms with Crippen LogP contribution in [-0.2, 0) is 17.6 Å². The Morgan fingerprint density at radius 1 is 1.29 bits per heavy atom. The molecule has 0 saturated carbocycles. The average Bonchev–Trinajstić information content (AvgIpc) is 3.04. The number of ketones is 2. The first-order chi connectivity index (χ1) is 13.6. The molecule has 0 N–H and O–H groups in total. The molecule has 6 heteroatoms. The number of carbonyl (C=O) groups is 2. The van der Waals surface area contributed by atoms with Gasteiger partial charge < -0.3 is 9.47 Å². The monoisotopic (exact) mass is 399 g/mol. The molecule has 4 rings (SSSR count). The molecule has 2 heterocycles. The van der Waals surface area contributed by atoms with Crippen molar-refractivity contribution in [3.05, 3.63) is 57.9 Å². The third kappa shape index (κ3) is 3.69. The lowest BCUT2D eigenvalue weighted by atomic mass is 9.95. The van der Waals surface area contributed by atoms with Gasteiger partial charge in [-0.3, -0.25) is 9.59 Å². The van der Waals surface area contributed by atoms with Gasteiger partial charge in [-0.25, -0.2) is 4.98 Å². The molecule has 5 nitrogen and oxygen atoms in total. The van der Waals surface area contributed by atoms with Crippen molar-refractivity contribution in [2.45, 2.75) is 38.7 Å². The topological polar surface area (TPSA) is 65.5 Å². The summed E-state index contributed by atoms with van der Waals surface area (Å²) in [5.41, 5.74) is 2.92. The number of aromatic nitrogens is 1. The molecular weight excluding hydrogens is 378 g/mol. The van der Waals surface area contributed by atoms with E-state index in [0.717, 1.165) is 36.1 Å². The summed E-state index contributed by atoms with van der Waals surface area (Å²) in [6, 6.07) is 7.04. The smallest absolute Gasteiger partial charge is 0.175 e. The van der Waals surface area contributed by atoms with E-state index in [0.29, 0.717) is 35.9 Å². The van der Waals surface area contributed by atoms with Gasteiger partial charge in [0, 0.05) is 30.2 Å². The van der Waals surface area contributed by atoms with Crippen LogP contribution < -0.4 is 4.74 Å². The van der Waals surface area contributed by atoms with E-state index < -0.39 is 5.92 Å². The number of hydrogen-bond acceptors (Lipinski definition) is 5. The molecular formula is C22H22ClNO4. The Bertz CT molecular complexity index is 903. The van der Waals surface area contributed by atoms with E-state index in [4.69, 9.17) is 21.1 Å². The van der Waals surface area contributed by atoms with E-state index >= 15 is 0 Å².